The predicted molar refractivity (Wildman–Crippen MR) is 89.5 cm³/mol. The normalized spacial score (nSPS) is 10.6. The molecular weight excluding hydrogens is 405 g/mol. The van der Waals surface area contributed by atoms with E-state index in [1.165, 1.54) is 0 Å². The van der Waals surface area contributed by atoms with Crippen LogP contribution in [0.2, 0.25) is 5.02 Å². The SMILES string of the molecule is O=C(NCCCOCc1ccco1)c1ccc(I)c(Cl)c1. The van der Waals surface area contributed by atoms with Crippen LogP contribution in [0.4, 0.5) is 0 Å². The Labute approximate surface area is 141 Å². The minimum atomic E-state index is -0.126. The highest BCUT2D eigenvalue weighted by Gasteiger charge is 2.07. The van der Waals surface area contributed by atoms with Gasteiger partial charge in [-0.1, -0.05) is 11.6 Å². The van der Waals surface area contributed by atoms with Crippen LogP contribution >= 0.6 is 34.2 Å². The van der Waals surface area contributed by atoms with Gasteiger partial charge in [0.15, 0.2) is 0 Å². The number of carbonyl (C=O) groups is 1. The summed E-state index contributed by atoms with van der Waals surface area (Å²) in [7, 11) is 0. The van der Waals surface area contributed by atoms with Gasteiger partial charge in [-0.15, -0.1) is 0 Å². The minimum absolute atomic E-state index is 0.126. The van der Waals surface area contributed by atoms with E-state index in [-0.39, 0.29) is 5.91 Å². The molecule has 1 aromatic heterocycles. The first kappa shape index (κ1) is 16.3. The van der Waals surface area contributed by atoms with Gasteiger partial charge in [-0.3, -0.25) is 4.79 Å². The molecule has 1 aromatic carbocycles. The zero-order valence-electron chi connectivity index (χ0n) is 11.3. The number of rotatable bonds is 7. The molecule has 2 aromatic rings. The van der Waals surface area contributed by atoms with Crippen molar-refractivity contribution in [2.45, 2.75) is 13.0 Å². The van der Waals surface area contributed by atoms with Crippen molar-refractivity contribution in [3.05, 3.63) is 56.5 Å². The monoisotopic (exact) mass is 419 g/mol. The van der Waals surface area contributed by atoms with Crippen LogP contribution in [0.5, 0.6) is 0 Å². The third-order valence-electron chi connectivity index (χ3n) is 2.76. The molecular formula is C15H15ClINO3. The van der Waals surface area contributed by atoms with Crippen molar-refractivity contribution < 1.29 is 13.9 Å². The fourth-order valence-corrected chi connectivity index (χ4v) is 2.20. The van der Waals surface area contributed by atoms with Gasteiger partial charge in [0, 0.05) is 22.3 Å². The summed E-state index contributed by atoms with van der Waals surface area (Å²) in [6, 6.07) is 8.94. The number of carbonyl (C=O) groups excluding carboxylic acids is 1. The second-order valence-corrected chi connectivity index (χ2v) is 5.94. The molecule has 112 valence electrons. The Balaban J connectivity index is 1.63. The van der Waals surface area contributed by atoms with Gasteiger partial charge in [-0.2, -0.15) is 0 Å². The number of amides is 1. The summed E-state index contributed by atoms with van der Waals surface area (Å²) in [5, 5.41) is 3.42. The second-order valence-electron chi connectivity index (χ2n) is 4.37. The van der Waals surface area contributed by atoms with Crippen LogP contribution in [-0.4, -0.2) is 19.1 Å². The lowest BCUT2D eigenvalue weighted by Crippen LogP contribution is -2.25. The topological polar surface area (TPSA) is 51.5 Å². The second kappa shape index (κ2) is 8.41. The molecule has 0 aliphatic rings. The van der Waals surface area contributed by atoms with E-state index in [2.05, 4.69) is 27.9 Å². The highest BCUT2D eigenvalue weighted by Crippen LogP contribution is 2.19. The van der Waals surface area contributed by atoms with E-state index in [0.29, 0.717) is 30.3 Å². The fraction of sp³-hybridized carbons (Fsp3) is 0.267. The summed E-state index contributed by atoms with van der Waals surface area (Å²) in [5.74, 6) is 0.673. The number of halogens is 2. The summed E-state index contributed by atoms with van der Waals surface area (Å²) in [6.07, 6.45) is 2.36. The van der Waals surface area contributed by atoms with Gasteiger partial charge in [-0.25, -0.2) is 0 Å². The van der Waals surface area contributed by atoms with Gasteiger partial charge in [0.2, 0.25) is 0 Å². The van der Waals surface area contributed by atoms with Crippen molar-refractivity contribution in [2.75, 3.05) is 13.2 Å². The first-order chi connectivity index (χ1) is 10.2. The van der Waals surface area contributed by atoms with E-state index in [0.717, 1.165) is 15.8 Å². The molecule has 0 spiro atoms. The van der Waals surface area contributed by atoms with Crippen LogP contribution in [0, 0.1) is 3.57 Å². The van der Waals surface area contributed by atoms with Crippen molar-refractivity contribution >= 4 is 40.1 Å². The first-order valence-electron chi connectivity index (χ1n) is 6.50. The van der Waals surface area contributed by atoms with Crippen LogP contribution in [0.1, 0.15) is 22.5 Å². The Morgan fingerprint density at radius 1 is 1.38 bits per heavy atom. The Morgan fingerprint density at radius 3 is 2.95 bits per heavy atom. The Morgan fingerprint density at radius 2 is 2.24 bits per heavy atom. The quantitative estimate of drug-likeness (QED) is 0.547. The van der Waals surface area contributed by atoms with E-state index in [9.17, 15) is 4.79 Å². The van der Waals surface area contributed by atoms with Crippen LogP contribution in [0.25, 0.3) is 0 Å². The van der Waals surface area contributed by atoms with Crippen LogP contribution in [0.3, 0.4) is 0 Å². The molecule has 0 fully saturated rings. The van der Waals surface area contributed by atoms with E-state index in [4.69, 9.17) is 20.8 Å². The molecule has 0 radical (unpaired) electrons. The molecule has 0 atom stereocenters. The number of ether oxygens (including phenoxy) is 1. The largest absolute Gasteiger partial charge is 0.467 e. The Hall–Kier alpha value is -1.05. The summed E-state index contributed by atoms with van der Waals surface area (Å²) >= 11 is 8.12. The van der Waals surface area contributed by atoms with E-state index >= 15 is 0 Å². The standard InChI is InChI=1S/C15H15ClINO3/c16-13-9-11(4-5-14(13)17)15(19)18-6-2-7-20-10-12-3-1-8-21-12/h1,3-5,8-9H,2,6-7,10H2,(H,18,19). The van der Waals surface area contributed by atoms with Crippen molar-refractivity contribution in [3.8, 4) is 0 Å². The lowest BCUT2D eigenvalue weighted by molar-refractivity contribution is 0.0917. The molecule has 0 aliphatic carbocycles. The van der Waals surface area contributed by atoms with Crippen LogP contribution in [-0.2, 0) is 11.3 Å². The molecule has 21 heavy (non-hydrogen) atoms. The molecule has 1 amide bonds. The average Bonchev–Trinajstić information content (AvgIpc) is 2.98. The summed E-state index contributed by atoms with van der Waals surface area (Å²) < 4.78 is 11.5. The lowest BCUT2D eigenvalue weighted by atomic mass is 10.2. The van der Waals surface area contributed by atoms with Crippen LogP contribution < -0.4 is 5.32 Å². The zero-order chi connectivity index (χ0) is 15.1. The minimum Gasteiger partial charge on any atom is -0.467 e. The average molecular weight is 420 g/mol. The molecule has 4 nitrogen and oxygen atoms in total. The molecule has 0 aliphatic heterocycles. The van der Waals surface area contributed by atoms with Crippen molar-refractivity contribution in [1.29, 1.82) is 0 Å². The number of hydrogen-bond acceptors (Lipinski definition) is 3. The highest BCUT2D eigenvalue weighted by atomic mass is 127. The molecule has 1 N–H and O–H groups in total. The Bertz CT molecular complexity index is 587. The molecule has 0 saturated carbocycles. The predicted octanol–water partition coefficient (Wildman–Crippen LogP) is 3.87. The van der Waals surface area contributed by atoms with Gasteiger partial charge >= 0.3 is 0 Å². The molecule has 1 heterocycles. The van der Waals surface area contributed by atoms with E-state index in [1.807, 2.05) is 18.2 Å². The van der Waals surface area contributed by atoms with Gasteiger partial charge in [-0.05, 0) is 59.3 Å². The number of benzene rings is 1. The van der Waals surface area contributed by atoms with Crippen LogP contribution in [0.15, 0.2) is 41.0 Å². The highest BCUT2D eigenvalue weighted by molar-refractivity contribution is 14.1. The molecule has 0 saturated heterocycles. The van der Waals surface area contributed by atoms with Gasteiger partial charge in [0.05, 0.1) is 11.3 Å². The third-order valence-corrected chi connectivity index (χ3v) is 4.33. The third kappa shape index (κ3) is 5.33. The first-order valence-corrected chi connectivity index (χ1v) is 7.96. The van der Waals surface area contributed by atoms with Crippen molar-refractivity contribution in [2.24, 2.45) is 0 Å². The summed E-state index contributed by atoms with van der Waals surface area (Å²) in [6.45, 7) is 1.57. The maximum absolute atomic E-state index is 11.9. The maximum Gasteiger partial charge on any atom is 0.251 e. The lowest BCUT2D eigenvalue weighted by Gasteiger charge is -2.06. The number of hydrogen-bond donors (Lipinski definition) is 1. The van der Waals surface area contributed by atoms with Crippen molar-refractivity contribution in [3.63, 3.8) is 0 Å². The Kier molecular flexibility index (Phi) is 6.53. The van der Waals surface area contributed by atoms with Gasteiger partial charge < -0.3 is 14.5 Å². The summed E-state index contributed by atoms with van der Waals surface area (Å²) in [4.78, 5) is 11.9. The summed E-state index contributed by atoms with van der Waals surface area (Å²) in [5.41, 5.74) is 0.567. The molecule has 0 bridgehead atoms. The fourth-order valence-electron chi connectivity index (χ4n) is 1.68. The molecule has 2 rings (SSSR count). The number of furan rings is 1. The molecule has 0 unspecified atom stereocenters. The van der Waals surface area contributed by atoms with E-state index < -0.39 is 0 Å². The molecule has 6 heteroatoms. The zero-order valence-corrected chi connectivity index (χ0v) is 14.2. The van der Waals surface area contributed by atoms with Gasteiger partial charge in [0.1, 0.15) is 12.4 Å². The smallest absolute Gasteiger partial charge is 0.251 e. The number of nitrogens with one attached hydrogen (secondary N) is 1. The van der Waals surface area contributed by atoms with E-state index in [1.54, 1.807) is 18.4 Å². The maximum atomic E-state index is 11.9. The van der Waals surface area contributed by atoms with Gasteiger partial charge in [0.25, 0.3) is 5.91 Å². The van der Waals surface area contributed by atoms with Crippen molar-refractivity contribution in [1.82, 2.24) is 5.32 Å².